The van der Waals surface area contributed by atoms with Crippen molar-refractivity contribution in [1.82, 2.24) is 19.5 Å². The molecule has 0 spiro atoms. The van der Waals surface area contributed by atoms with Crippen molar-refractivity contribution in [3.05, 3.63) is 218 Å². The van der Waals surface area contributed by atoms with E-state index in [9.17, 15) is 0 Å². The van der Waals surface area contributed by atoms with Crippen LogP contribution in [-0.2, 0) is 0 Å². The van der Waals surface area contributed by atoms with E-state index in [2.05, 4.69) is 217 Å². The molecule has 0 unspecified atom stereocenters. The summed E-state index contributed by atoms with van der Waals surface area (Å²) < 4.78 is 2.45. The number of hydrogen-bond donors (Lipinski definition) is 0. The Morgan fingerprint density at radius 1 is 0.279 bits per heavy atom. The molecule has 0 radical (unpaired) electrons. The van der Waals surface area contributed by atoms with Crippen LogP contribution in [0.25, 0.3) is 116 Å². The van der Waals surface area contributed by atoms with Gasteiger partial charge in [-0.2, -0.15) is 0 Å². The first-order chi connectivity index (χ1) is 30.2. The maximum atomic E-state index is 5.19. The highest BCUT2D eigenvalue weighted by Gasteiger charge is 2.19. The Labute approximate surface area is 352 Å². The van der Waals surface area contributed by atoms with Gasteiger partial charge in [-0.3, -0.25) is 0 Å². The quantitative estimate of drug-likeness (QED) is 0.169. The number of fused-ring (bicyclic) bond motifs is 7. The maximum absolute atomic E-state index is 5.19. The highest BCUT2D eigenvalue weighted by atomic mass is 15.0. The van der Waals surface area contributed by atoms with Gasteiger partial charge in [0, 0.05) is 33.0 Å². The fraction of sp³-hybridized carbons (Fsp3) is 0. The predicted molar refractivity (Wildman–Crippen MR) is 254 cm³/mol. The molecule has 4 heteroatoms. The van der Waals surface area contributed by atoms with Crippen LogP contribution in [-0.4, -0.2) is 19.5 Å². The summed E-state index contributed by atoms with van der Waals surface area (Å²) in [6.07, 6.45) is 0. The molecule has 2 aromatic heterocycles. The Hall–Kier alpha value is -8.21. The van der Waals surface area contributed by atoms with Crippen LogP contribution in [0.3, 0.4) is 0 Å². The first-order valence-electron chi connectivity index (χ1n) is 20.7. The molecule has 4 nitrogen and oxygen atoms in total. The van der Waals surface area contributed by atoms with Crippen LogP contribution in [0.4, 0.5) is 0 Å². The Kier molecular flexibility index (Phi) is 8.13. The van der Waals surface area contributed by atoms with Gasteiger partial charge in [-0.15, -0.1) is 0 Å². The Morgan fingerprint density at radius 3 is 1.59 bits per heavy atom. The summed E-state index contributed by atoms with van der Waals surface area (Å²) in [6.45, 7) is 0. The van der Waals surface area contributed by atoms with Gasteiger partial charge in [-0.25, -0.2) is 15.0 Å². The molecule has 0 aliphatic rings. The monoisotopic (exact) mass is 776 g/mol. The minimum absolute atomic E-state index is 0.620. The van der Waals surface area contributed by atoms with Crippen LogP contribution in [0.15, 0.2) is 218 Å². The molecular weight excluding hydrogens is 741 g/mol. The smallest absolute Gasteiger partial charge is 0.164 e. The Balaban J connectivity index is 1.03. The SMILES string of the molecule is c1ccc(-c2ccc(-c3nc(-c4cccc(-c5ccccc5-n5c6cc7ccccc7cc6c6c7ccccc7ccc65)c4)nc(-c4ccc5ccccc5c4)n3)cc2)cc1. The molecular formula is C57H36N4. The summed E-state index contributed by atoms with van der Waals surface area (Å²) in [7, 11) is 0. The summed E-state index contributed by atoms with van der Waals surface area (Å²) >= 11 is 0. The highest BCUT2D eigenvalue weighted by molar-refractivity contribution is 6.23. The van der Waals surface area contributed by atoms with Gasteiger partial charge < -0.3 is 4.57 Å². The molecule has 0 aliphatic heterocycles. The Bertz CT molecular complexity index is 3640. The first-order valence-corrected chi connectivity index (χ1v) is 20.7. The number of aromatic nitrogens is 4. The van der Waals surface area contributed by atoms with E-state index >= 15 is 0 Å². The molecule has 10 aromatic carbocycles. The zero-order valence-electron chi connectivity index (χ0n) is 33.1. The van der Waals surface area contributed by atoms with E-state index in [1.807, 2.05) is 6.07 Å². The summed E-state index contributed by atoms with van der Waals surface area (Å²) in [5.41, 5.74) is 10.7. The second-order valence-electron chi connectivity index (χ2n) is 15.6. The maximum Gasteiger partial charge on any atom is 0.164 e. The first kappa shape index (κ1) is 34.8. The van der Waals surface area contributed by atoms with Gasteiger partial charge in [0.15, 0.2) is 17.5 Å². The number of para-hydroxylation sites is 1. The molecule has 284 valence electrons. The third-order valence-corrected chi connectivity index (χ3v) is 12.0. The van der Waals surface area contributed by atoms with E-state index in [0.717, 1.165) is 44.5 Å². The number of benzene rings is 10. The second-order valence-corrected chi connectivity index (χ2v) is 15.6. The van der Waals surface area contributed by atoms with Gasteiger partial charge in [0.1, 0.15) is 0 Å². The lowest BCUT2D eigenvalue weighted by molar-refractivity contribution is 1.07. The minimum Gasteiger partial charge on any atom is -0.309 e. The minimum atomic E-state index is 0.620. The third-order valence-electron chi connectivity index (χ3n) is 12.0. The van der Waals surface area contributed by atoms with Crippen LogP contribution in [0.1, 0.15) is 0 Å². The molecule has 12 aromatic rings. The van der Waals surface area contributed by atoms with Crippen molar-refractivity contribution in [3.63, 3.8) is 0 Å². The topological polar surface area (TPSA) is 43.6 Å². The van der Waals surface area contributed by atoms with E-state index in [4.69, 9.17) is 15.0 Å². The van der Waals surface area contributed by atoms with Crippen molar-refractivity contribution >= 4 is 54.1 Å². The van der Waals surface area contributed by atoms with Gasteiger partial charge in [0.25, 0.3) is 0 Å². The molecule has 12 rings (SSSR count). The van der Waals surface area contributed by atoms with Crippen LogP contribution in [0.2, 0.25) is 0 Å². The fourth-order valence-electron chi connectivity index (χ4n) is 9.00. The van der Waals surface area contributed by atoms with Gasteiger partial charge >= 0.3 is 0 Å². The highest BCUT2D eigenvalue weighted by Crippen LogP contribution is 2.41. The van der Waals surface area contributed by atoms with Crippen molar-refractivity contribution in [2.75, 3.05) is 0 Å². The van der Waals surface area contributed by atoms with Gasteiger partial charge in [-0.05, 0) is 85.4 Å². The lowest BCUT2D eigenvalue weighted by atomic mass is 10.0. The standard InChI is InChI=1S/C57H36N4/c1-2-13-37(14-3-1)39-25-28-41(29-26-39)55-58-56(60-57(59-55)47-30-27-38-15-4-5-17-42(38)33-47)46-21-12-20-45(34-46)48-22-10-11-24-51(48)61-52-32-31-40-16-8-9-23-49(40)54(52)50-35-43-18-6-7-19-44(43)36-53(50)61/h1-36H. The largest absolute Gasteiger partial charge is 0.309 e. The molecule has 0 aliphatic carbocycles. The van der Waals surface area contributed by atoms with E-state index in [0.29, 0.717) is 17.5 Å². The van der Waals surface area contributed by atoms with Crippen molar-refractivity contribution in [3.8, 4) is 62.1 Å². The molecule has 0 N–H and O–H groups in total. The fourth-order valence-corrected chi connectivity index (χ4v) is 9.00. The molecule has 2 heterocycles. The zero-order valence-corrected chi connectivity index (χ0v) is 33.1. The Morgan fingerprint density at radius 2 is 0.803 bits per heavy atom. The van der Waals surface area contributed by atoms with Crippen LogP contribution >= 0.6 is 0 Å². The van der Waals surface area contributed by atoms with Crippen LogP contribution in [0.5, 0.6) is 0 Å². The number of hydrogen-bond acceptors (Lipinski definition) is 3. The zero-order chi connectivity index (χ0) is 40.3. The van der Waals surface area contributed by atoms with Crippen molar-refractivity contribution < 1.29 is 0 Å². The number of rotatable bonds is 6. The van der Waals surface area contributed by atoms with E-state index in [1.165, 1.54) is 54.3 Å². The van der Waals surface area contributed by atoms with Crippen molar-refractivity contribution in [2.24, 2.45) is 0 Å². The summed E-state index contributed by atoms with van der Waals surface area (Å²) in [5, 5.41) is 9.74. The summed E-state index contributed by atoms with van der Waals surface area (Å²) in [4.78, 5) is 15.5. The molecule has 0 saturated heterocycles. The van der Waals surface area contributed by atoms with Crippen LogP contribution < -0.4 is 0 Å². The average molecular weight is 777 g/mol. The molecule has 0 bridgehead atoms. The molecule has 0 saturated carbocycles. The molecule has 0 atom stereocenters. The predicted octanol–water partition coefficient (Wildman–Crippen LogP) is 14.8. The molecule has 0 amide bonds. The third kappa shape index (κ3) is 6.04. The van der Waals surface area contributed by atoms with E-state index < -0.39 is 0 Å². The van der Waals surface area contributed by atoms with E-state index in [1.54, 1.807) is 0 Å². The van der Waals surface area contributed by atoms with Gasteiger partial charge in [0.2, 0.25) is 0 Å². The number of nitrogens with zero attached hydrogens (tertiary/aromatic N) is 4. The van der Waals surface area contributed by atoms with Gasteiger partial charge in [0.05, 0.1) is 16.7 Å². The summed E-state index contributed by atoms with van der Waals surface area (Å²) in [5.74, 6) is 1.88. The second kappa shape index (κ2) is 14.3. The molecule has 61 heavy (non-hydrogen) atoms. The van der Waals surface area contributed by atoms with E-state index in [-0.39, 0.29) is 0 Å². The van der Waals surface area contributed by atoms with Gasteiger partial charge in [-0.1, -0.05) is 182 Å². The van der Waals surface area contributed by atoms with Crippen molar-refractivity contribution in [2.45, 2.75) is 0 Å². The lowest BCUT2D eigenvalue weighted by Crippen LogP contribution is -2.01. The molecule has 0 fully saturated rings. The normalized spacial score (nSPS) is 11.6. The lowest BCUT2D eigenvalue weighted by Gasteiger charge is -2.15. The average Bonchev–Trinajstić information content (AvgIpc) is 3.66. The van der Waals surface area contributed by atoms with Crippen LogP contribution in [0, 0.1) is 0 Å². The van der Waals surface area contributed by atoms with Crippen molar-refractivity contribution in [1.29, 1.82) is 0 Å². The summed E-state index contributed by atoms with van der Waals surface area (Å²) in [6, 6.07) is 77.7.